The first-order valence-corrected chi connectivity index (χ1v) is 7.41. The molecule has 1 aliphatic rings. The molecule has 1 fully saturated rings. The second-order valence-electron chi connectivity index (χ2n) is 5.53. The fourth-order valence-electron chi connectivity index (χ4n) is 2.13. The fraction of sp³-hybridized carbons (Fsp3) is 0.562. The average molecular weight is 293 g/mol. The van der Waals surface area contributed by atoms with Crippen molar-refractivity contribution in [2.75, 3.05) is 13.2 Å². The van der Waals surface area contributed by atoms with E-state index in [0.29, 0.717) is 37.2 Å². The van der Waals surface area contributed by atoms with Gasteiger partial charge in [-0.05, 0) is 38.8 Å². The molecule has 1 aliphatic carbocycles. The van der Waals surface area contributed by atoms with Crippen molar-refractivity contribution in [1.29, 1.82) is 0 Å². The van der Waals surface area contributed by atoms with Gasteiger partial charge in [0.1, 0.15) is 5.54 Å². The second kappa shape index (κ2) is 6.80. The minimum atomic E-state index is -0.943. The molecule has 2 N–H and O–H groups in total. The number of carboxylic acids is 1. The van der Waals surface area contributed by atoms with Gasteiger partial charge in [0.25, 0.3) is 0 Å². The molecule has 1 atom stereocenters. The zero-order valence-corrected chi connectivity index (χ0v) is 12.6. The highest BCUT2D eigenvalue weighted by Crippen LogP contribution is 2.28. The largest absolute Gasteiger partial charge is 0.490 e. The molecule has 116 valence electrons. The van der Waals surface area contributed by atoms with E-state index in [0.717, 1.165) is 12.8 Å². The van der Waals surface area contributed by atoms with E-state index in [-0.39, 0.29) is 0 Å². The maximum Gasteiger partial charge on any atom is 0.323 e. The van der Waals surface area contributed by atoms with Crippen molar-refractivity contribution in [2.45, 2.75) is 44.7 Å². The van der Waals surface area contributed by atoms with Crippen LogP contribution in [0, 0.1) is 0 Å². The summed E-state index contributed by atoms with van der Waals surface area (Å²) in [6.45, 7) is 4.52. The molecule has 0 aromatic heterocycles. The number of ether oxygens (including phenoxy) is 2. The van der Waals surface area contributed by atoms with Crippen molar-refractivity contribution >= 4 is 5.97 Å². The van der Waals surface area contributed by atoms with E-state index in [1.165, 1.54) is 0 Å². The minimum Gasteiger partial charge on any atom is -0.490 e. The van der Waals surface area contributed by atoms with Gasteiger partial charge in [-0.2, -0.15) is 0 Å². The van der Waals surface area contributed by atoms with Gasteiger partial charge in [0.05, 0.1) is 13.2 Å². The number of nitrogens with one attached hydrogen (secondary N) is 1. The van der Waals surface area contributed by atoms with Gasteiger partial charge in [-0.1, -0.05) is 12.1 Å². The molecule has 0 heterocycles. The standard InChI is InChI=1S/C16H23NO4/c1-3-20-13-6-4-5-7-14(13)21-11-10-16(2,15(18)19)17-12-8-9-12/h4-7,12,17H,3,8-11H2,1-2H3,(H,18,19). The maximum atomic E-state index is 11.5. The van der Waals surface area contributed by atoms with Crippen LogP contribution in [0.3, 0.4) is 0 Å². The summed E-state index contributed by atoms with van der Waals surface area (Å²) in [5.74, 6) is 0.502. The predicted molar refractivity (Wildman–Crippen MR) is 79.9 cm³/mol. The fourth-order valence-corrected chi connectivity index (χ4v) is 2.13. The third kappa shape index (κ3) is 4.36. The van der Waals surface area contributed by atoms with E-state index in [4.69, 9.17) is 9.47 Å². The van der Waals surface area contributed by atoms with Crippen molar-refractivity contribution in [2.24, 2.45) is 0 Å². The van der Waals surface area contributed by atoms with E-state index in [1.54, 1.807) is 6.92 Å². The molecule has 1 aromatic carbocycles. The van der Waals surface area contributed by atoms with Gasteiger partial charge in [0, 0.05) is 12.5 Å². The molecular formula is C16H23NO4. The molecule has 2 rings (SSSR count). The van der Waals surface area contributed by atoms with Crippen molar-refractivity contribution in [3.63, 3.8) is 0 Å². The number of carbonyl (C=O) groups is 1. The first kappa shape index (κ1) is 15.6. The van der Waals surface area contributed by atoms with Crippen LogP contribution in [0.15, 0.2) is 24.3 Å². The molecule has 5 heteroatoms. The van der Waals surface area contributed by atoms with Crippen LogP contribution in [0.2, 0.25) is 0 Å². The lowest BCUT2D eigenvalue weighted by atomic mass is 9.98. The lowest BCUT2D eigenvalue weighted by Gasteiger charge is -2.26. The normalized spacial score (nSPS) is 17.0. The highest BCUT2D eigenvalue weighted by atomic mass is 16.5. The first-order valence-electron chi connectivity index (χ1n) is 7.41. The zero-order valence-electron chi connectivity index (χ0n) is 12.6. The lowest BCUT2D eigenvalue weighted by molar-refractivity contribution is -0.144. The van der Waals surface area contributed by atoms with Crippen molar-refractivity contribution in [3.8, 4) is 11.5 Å². The van der Waals surface area contributed by atoms with E-state index < -0.39 is 11.5 Å². The molecule has 1 unspecified atom stereocenters. The first-order chi connectivity index (χ1) is 10.0. The lowest BCUT2D eigenvalue weighted by Crippen LogP contribution is -2.51. The van der Waals surface area contributed by atoms with Crippen LogP contribution in [0.5, 0.6) is 11.5 Å². The summed E-state index contributed by atoms with van der Waals surface area (Å²) in [6, 6.07) is 7.77. The van der Waals surface area contributed by atoms with Crippen LogP contribution in [-0.2, 0) is 4.79 Å². The van der Waals surface area contributed by atoms with Gasteiger partial charge in [0.15, 0.2) is 11.5 Å². The summed E-state index contributed by atoms with van der Waals surface area (Å²) in [5, 5.41) is 12.6. The van der Waals surface area contributed by atoms with Crippen molar-refractivity contribution in [1.82, 2.24) is 5.32 Å². The summed E-state index contributed by atoms with van der Waals surface area (Å²) in [7, 11) is 0. The summed E-state index contributed by atoms with van der Waals surface area (Å²) < 4.78 is 11.2. The minimum absolute atomic E-state index is 0.326. The number of benzene rings is 1. The highest BCUT2D eigenvalue weighted by molar-refractivity contribution is 5.78. The molecule has 21 heavy (non-hydrogen) atoms. The molecule has 1 aromatic rings. The van der Waals surface area contributed by atoms with Crippen LogP contribution in [0.1, 0.15) is 33.1 Å². The Balaban J connectivity index is 1.91. The van der Waals surface area contributed by atoms with Gasteiger partial charge >= 0.3 is 5.97 Å². The zero-order chi connectivity index (χ0) is 15.3. The maximum absolute atomic E-state index is 11.5. The molecule has 0 bridgehead atoms. The second-order valence-corrected chi connectivity index (χ2v) is 5.53. The Kier molecular flexibility index (Phi) is 5.07. The Hall–Kier alpha value is -1.75. The molecule has 1 saturated carbocycles. The predicted octanol–water partition coefficient (Wildman–Crippen LogP) is 2.45. The molecule has 0 aliphatic heterocycles. The van der Waals surface area contributed by atoms with Gasteiger partial charge < -0.3 is 14.6 Å². The summed E-state index contributed by atoms with van der Waals surface area (Å²) >= 11 is 0. The molecule has 5 nitrogen and oxygen atoms in total. The third-order valence-electron chi connectivity index (χ3n) is 3.58. The number of rotatable bonds is 9. The van der Waals surface area contributed by atoms with Gasteiger partial charge in [0.2, 0.25) is 0 Å². The molecular weight excluding hydrogens is 270 g/mol. The highest BCUT2D eigenvalue weighted by Gasteiger charge is 2.38. The number of carboxylic acid groups (broad SMARTS) is 1. The van der Waals surface area contributed by atoms with Crippen molar-refractivity contribution in [3.05, 3.63) is 24.3 Å². The summed E-state index contributed by atoms with van der Waals surface area (Å²) in [5.41, 5.74) is -0.943. The van der Waals surface area contributed by atoms with E-state index >= 15 is 0 Å². The number of para-hydroxylation sites is 2. The Bertz CT molecular complexity index is 487. The Labute approximate surface area is 125 Å². The Morgan fingerprint density at radius 1 is 1.33 bits per heavy atom. The van der Waals surface area contributed by atoms with Crippen LogP contribution < -0.4 is 14.8 Å². The third-order valence-corrected chi connectivity index (χ3v) is 3.58. The van der Waals surface area contributed by atoms with E-state index in [9.17, 15) is 9.90 Å². The van der Waals surface area contributed by atoms with Gasteiger partial charge in [-0.25, -0.2) is 0 Å². The smallest absolute Gasteiger partial charge is 0.323 e. The molecule has 0 amide bonds. The number of hydrogen-bond donors (Lipinski definition) is 2. The van der Waals surface area contributed by atoms with Crippen LogP contribution in [0.4, 0.5) is 0 Å². The van der Waals surface area contributed by atoms with Crippen LogP contribution in [0.25, 0.3) is 0 Å². The number of aliphatic carboxylic acids is 1. The Morgan fingerprint density at radius 3 is 2.48 bits per heavy atom. The Morgan fingerprint density at radius 2 is 1.95 bits per heavy atom. The van der Waals surface area contributed by atoms with E-state index in [2.05, 4.69) is 5.32 Å². The SMILES string of the molecule is CCOc1ccccc1OCCC(C)(NC1CC1)C(=O)O. The topological polar surface area (TPSA) is 67.8 Å². The average Bonchev–Trinajstić information content (AvgIpc) is 3.24. The van der Waals surface area contributed by atoms with E-state index in [1.807, 2.05) is 31.2 Å². The van der Waals surface area contributed by atoms with Crippen LogP contribution >= 0.6 is 0 Å². The van der Waals surface area contributed by atoms with Crippen molar-refractivity contribution < 1.29 is 19.4 Å². The summed E-state index contributed by atoms with van der Waals surface area (Å²) in [4.78, 5) is 11.5. The number of hydrogen-bond acceptors (Lipinski definition) is 4. The molecule has 0 spiro atoms. The van der Waals surface area contributed by atoms with Gasteiger partial charge in [-0.3, -0.25) is 10.1 Å². The van der Waals surface area contributed by atoms with Crippen LogP contribution in [-0.4, -0.2) is 35.9 Å². The monoisotopic (exact) mass is 293 g/mol. The van der Waals surface area contributed by atoms with Gasteiger partial charge in [-0.15, -0.1) is 0 Å². The molecule has 0 radical (unpaired) electrons. The summed E-state index contributed by atoms with van der Waals surface area (Å²) in [6.07, 6.45) is 2.51. The quantitative estimate of drug-likeness (QED) is 0.732. The molecule has 0 saturated heterocycles.